The van der Waals surface area contributed by atoms with Gasteiger partial charge in [0.2, 0.25) is 0 Å². The maximum atomic E-state index is 11.2. The van der Waals surface area contributed by atoms with E-state index in [9.17, 15) is 4.79 Å². The Bertz CT molecular complexity index is 191. The predicted molar refractivity (Wildman–Crippen MR) is 59.1 cm³/mol. The minimum absolute atomic E-state index is 0.149. The number of hydrogen-bond acceptors (Lipinski definition) is 5. The van der Waals surface area contributed by atoms with E-state index in [1.165, 1.54) is 0 Å². The maximum absolute atomic E-state index is 11.2. The smallest absolute Gasteiger partial charge is 0.308 e. The van der Waals surface area contributed by atoms with E-state index in [0.29, 0.717) is 19.8 Å². The number of esters is 1. The molecule has 0 aromatic rings. The van der Waals surface area contributed by atoms with Crippen LogP contribution >= 0.6 is 0 Å². The van der Waals surface area contributed by atoms with Crippen LogP contribution in [0.3, 0.4) is 0 Å². The lowest BCUT2D eigenvalue weighted by Gasteiger charge is -2.23. The van der Waals surface area contributed by atoms with Crippen molar-refractivity contribution < 1.29 is 23.7 Å². The van der Waals surface area contributed by atoms with Crippen LogP contribution in [0, 0.1) is 0 Å². The summed E-state index contributed by atoms with van der Waals surface area (Å²) in [5.74, 6) is -0.260. The van der Waals surface area contributed by atoms with Gasteiger partial charge in [-0.2, -0.15) is 0 Å². The van der Waals surface area contributed by atoms with Gasteiger partial charge in [-0.3, -0.25) is 4.79 Å². The second-order valence-corrected chi connectivity index (χ2v) is 3.90. The van der Waals surface area contributed by atoms with Gasteiger partial charge >= 0.3 is 5.97 Å². The van der Waals surface area contributed by atoms with Crippen molar-refractivity contribution in [1.82, 2.24) is 0 Å². The van der Waals surface area contributed by atoms with E-state index in [1.807, 2.05) is 13.8 Å². The number of carbonyl (C=O) groups excluding carboxylic acids is 1. The Morgan fingerprint density at radius 3 is 2.50 bits per heavy atom. The van der Waals surface area contributed by atoms with Gasteiger partial charge in [-0.15, -0.1) is 0 Å². The second-order valence-electron chi connectivity index (χ2n) is 3.90. The van der Waals surface area contributed by atoms with Crippen molar-refractivity contribution in [1.29, 1.82) is 0 Å². The molecule has 96 valence electrons. The van der Waals surface area contributed by atoms with Crippen molar-refractivity contribution in [2.24, 2.45) is 0 Å². The summed E-state index contributed by atoms with van der Waals surface area (Å²) in [6, 6.07) is 0. The zero-order valence-electron chi connectivity index (χ0n) is 10.6. The van der Waals surface area contributed by atoms with Crippen LogP contribution in [-0.2, 0) is 23.7 Å². The fraction of sp³-hybridized carbons (Fsp3) is 0.909. The highest BCUT2D eigenvalue weighted by Crippen LogP contribution is 2.15. The second kappa shape index (κ2) is 8.50. The van der Waals surface area contributed by atoms with E-state index < -0.39 is 5.60 Å². The monoisotopic (exact) mass is 234 g/mol. The Kier molecular flexibility index (Phi) is 8.15. The largest absolute Gasteiger partial charge is 0.466 e. The lowest BCUT2D eigenvalue weighted by atomic mass is 10.1. The first-order valence-corrected chi connectivity index (χ1v) is 5.38. The summed E-state index contributed by atoms with van der Waals surface area (Å²) >= 11 is 0. The molecule has 0 radical (unpaired) electrons. The third-order valence-corrected chi connectivity index (χ3v) is 1.84. The molecule has 0 unspecified atom stereocenters. The molecule has 0 spiro atoms. The molecule has 0 N–H and O–H groups in total. The first-order valence-electron chi connectivity index (χ1n) is 5.38. The Hall–Kier alpha value is -0.650. The van der Waals surface area contributed by atoms with Gasteiger partial charge in [-0.1, -0.05) is 0 Å². The normalized spacial score (nSPS) is 11.5. The van der Waals surface area contributed by atoms with Gasteiger partial charge in [0, 0.05) is 7.11 Å². The van der Waals surface area contributed by atoms with Crippen LogP contribution in [-0.4, -0.2) is 45.3 Å². The fourth-order valence-electron chi connectivity index (χ4n) is 1.01. The molecule has 0 rings (SSSR count). The molecule has 0 heterocycles. The Morgan fingerprint density at radius 2 is 1.94 bits per heavy atom. The van der Waals surface area contributed by atoms with Gasteiger partial charge in [-0.05, 0) is 20.8 Å². The minimum Gasteiger partial charge on any atom is -0.466 e. The number of methoxy groups -OCH3 is 1. The highest BCUT2D eigenvalue weighted by Gasteiger charge is 2.23. The van der Waals surface area contributed by atoms with Crippen molar-refractivity contribution in [3.63, 3.8) is 0 Å². The zero-order valence-corrected chi connectivity index (χ0v) is 10.6. The van der Waals surface area contributed by atoms with Crippen molar-refractivity contribution in [2.75, 3.05) is 33.7 Å². The number of ether oxygens (including phenoxy) is 4. The van der Waals surface area contributed by atoms with Gasteiger partial charge in [0.1, 0.15) is 6.79 Å². The molecule has 0 aromatic heterocycles. The van der Waals surface area contributed by atoms with Crippen LogP contribution in [0.1, 0.15) is 27.2 Å². The third-order valence-electron chi connectivity index (χ3n) is 1.84. The fourth-order valence-corrected chi connectivity index (χ4v) is 1.01. The molecule has 16 heavy (non-hydrogen) atoms. The molecule has 0 aliphatic heterocycles. The quantitative estimate of drug-likeness (QED) is 0.342. The van der Waals surface area contributed by atoms with Crippen LogP contribution in [0.2, 0.25) is 0 Å². The van der Waals surface area contributed by atoms with E-state index in [4.69, 9.17) is 18.9 Å². The number of hydrogen-bond donors (Lipinski definition) is 0. The first kappa shape index (κ1) is 15.3. The molecule has 0 saturated carbocycles. The molecule has 5 nitrogen and oxygen atoms in total. The van der Waals surface area contributed by atoms with Crippen molar-refractivity contribution >= 4 is 5.97 Å². The molecule has 0 amide bonds. The number of rotatable bonds is 9. The molecule has 5 heteroatoms. The van der Waals surface area contributed by atoms with Crippen LogP contribution in [0.25, 0.3) is 0 Å². The SMILES string of the molecule is CCOC(=O)CC(C)(C)OCOCCOC. The molecule has 0 fully saturated rings. The van der Waals surface area contributed by atoms with Crippen LogP contribution in [0.4, 0.5) is 0 Å². The molecule has 0 aliphatic carbocycles. The summed E-state index contributed by atoms with van der Waals surface area (Å²) in [5.41, 5.74) is -0.570. The Morgan fingerprint density at radius 1 is 1.25 bits per heavy atom. The molecule has 0 aromatic carbocycles. The first-order chi connectivity index (χ1) is 7.52. The summed E-state index contributed by atoms with van der Waals surface area (Å²) < 4.78 is 20.2. The summed E-state index contributed by atoms with van der Waals surface area (Å²) in [6.45, 7) is 6.97. The van der Waals surface area contributed by atoms with Gasteiger partial charge < -0.3 is 18.9 Å². The van der Waals surface area contributed by atoms with Gasteiger partial charge in [-0.25, -0.2) is 0 Å². The summed E-state index contributed by atoms with van der Waals surface area (Å²) in [5, 5.41) is 0. The Balaban J connectivity index is 3.65. The summed E-state index contributed by atoms with van der Waals surface area (Å²) in [7, 11) is 1.61. The highest BCUT2D eigenvalue weighted by atomic mass is 16.7. The molecule has 0 saturated heterocycles. The van der Waals surface area contributed by atoms with E-state index in [0.717, 1.165) is 0 Å². The Labute approximate surface area is 97.0 Å². The number of carbonyl (C=O) groups is 1. The van der Waals surface area contributed by atoms with Gasteiger partial charge in [0.25, 0.3) is 0 Å². The van der Waals surface area contributed by atoms with E-state index in [2.05, 4.69) is 0 Å². The molecule has 0 atom stereocenters. The molecular formula is C11H22O5. The van der Waals surface area contributed by atoms with E-state index >= 15 is 0 Å². The summed E-state index contributed by atoms with van der Waals surface area (Å²) in [6.07, 6.45) is 0.217. The van der Waals surface area contributed by atoms with Gasteiger partial charge in [0.05, 0.1) is 31.8 Å². The average Bonchev–Trinajstić information content (AvgIpc) is 2.16. The van der Waals surface area contributed by atoms with Crippen molar-refractivity contribution in [3.05, 3.63) is 0 Å². The van der Waals surface area contributed by atoms with Crippen LogP contribution < -0.4 is 0 Å². The van der Waals surface area contributed by atoms with E-state index in [-0.39, 0.29) is 19.2 Å². The zero-order chi connectivity index (χ0) is 12.4. The van der Waals surface area contributed by atoms with Gasteiger partial charge in [0.15, 0.2) is 0 Å². The average molecular weight is 234 g/mol. The molecular weight excluding hydrogens is 212 g/mol. The minimum atomic E-state index is -0.570. The standard InChI is InChI=1S/C11H22O5/c1-5-15-10(12)8-11(2,3)16-9-14-7-6-13-4/h5-9H2,1-4H3. The topological polar surface area (TPSA) is 54.0 Å². The lowest BCUT2D eigenvalue weighted by molar-refractivity contribution is -0.161. The van der Waals surface area contributed by atoms with Crippen molar-refractivity contribution in [3.8, 4) is 0 Å². The van der Waals surface area contributed by atoms with Crippen molar-refractivity contribution in [2.45, 2.75) is 32.8 Å². The molecule has 0 aliphatic rings. The maximum Gasteiger partial charge on any atom is 0.308 e. The third kappa shape index (κ3) is 8.64. The van der Waals surface area contributed by atoms with Crippen LogP contribution in [0.15, 0.2) is 0 Å². The summed E-state index contributed by atoms with van der Waals surface area (Å²) in [4.78, 5) is 11.2. The van der Waals surface area contributed by atoms with E-state index in [1.54, 1.807) is 14.0 Å². The predicted octanol–water partition coefficient (Wildman–Crippen LogP) is 1.36. The lowest BCUT2D eigenvalue weighted by Crippen LogP contribution is -2.30. The van der Waals surface area contributed by atoms with Crippen LogP contribution in [0.5, 0.6) is 0 Å². The highest BCUT2D eigenvalue weighted by molar-refractivity contribution is 5.70. The molecule has 0 bridgehead atoms.